The molecular formula is C17H27F2N3O3. The van der Waals surface area contributed by atoms with Crippen molar-refractivity contribution in [3.05, 3.63) is 23.8 Å². The summed E-state index contributed by atoms with van der Waals surface area (Å²) < 4.78 is 39.8. The van der Waals surface area contributed by atoms with E-state index in [4.69, 9.17) is 9.47 Å². The summed E-state index contributed by atoms with van der Waals surface area (Å²) >= 11 is 0. The Morgan fingerprint density at radius 3 is 2.48 bits per heavy atom. The highest BCUT2D eigenvalue weighted by atomic mass is 19.3. The van der Waals surface area contributed by atoms with Gasteiger partial charge in [0.25, 0.3) is 0 Å². The minimum Gasteiger partial charge on any atom is -0.493 e. The van der Waals surface area contributed by atoms with E-state index in [9.17, 15) is 8.78 Å². The van der Waals surface area contributed by atoms with Gasteiger partial charge in [-0.15, -0.1) is 0 Å². The molecular weight excluding hydrogens is 332 g/mol. The number of alkyl halides is 2. The zero-order chi connectivity index (χ0) is 18.9. The van der Waals surface area contributed by atoms with Gasteiger partial charge >= 0.3 is 6.61 Å². The van der Waals surface area contributed by atoms with E-state index < -0.39 is 6.61 Å². The van der Waals surface area contributed by atoms with E-state index in [1.165, 1.54) is 13.2 Å². The van der Waals surface area contributed by atoms with E-state index >= 15 is 0 Å². The molecule has 6 nitrogen and oxygen atoms in total. The first kappa shape index (κ1) is 21.0. The molecule has 0 saturated carbocycles. The van der Waals surface area contributed by atoms with Gasteiger partial charge < -0.3 is 24.8 Å². The largest absolute Gasteiger partial charge is 0.493 e. The average molecular weight is 359 g/mol. The lowest BCUT2D eigenvalue weighted by Crippen LogP contribution is -2.45. The van der Waals surface area contributed by atoms with Crippen LogP contribution in [0.3, 0.4) is 0 Å². The standard InChI is InChI=1S/C17H27F2N3O3/c1-6-20-16(22-11-17(2,3)24-5)21-10-12-7-8-13(23-4)14(9-12)25-15(18)19/h7-9,15H,6,10-11H2,1-5H3,(H2,20,21,22). The molecule has 1 aromatic carbocycles. The van der Waals surface area contributed by atoms with Gasteiger partial charge in [-0.1, -0.05) is 6.07 Å². The smallest absolute Gasteiger partial charge is 0.387 e. The molecule has 0 heterocycles. The lowest BCUT2D eigenvalue weighted by molar-refractivity contribution is -0.0512. The van der Waals surface area contributed by atoms with Crippen LogP contribution in [-0.4, -0.2) is 45.5 Å². The van der Waals surface area contributed by atoms with Crippen molar-refractivity contribution in [1.82, 2.24) is 10.6 Å². The van der Waals surface area contributed by atoms with Crippen molar-refractivity contribution in [2.24, 2.45) is 4.99 Å². The van der Waals surface area contributed by atoms with Crippen LogP contribution in [0.2, 0.25) is 0 Å². The number of rotatable bonds is 9. The van der Waals surface area contributed by atoms with Crippen LogP contribution in [0.25, 0.3) is 0 Å². The van der Waals surface area contributed by atoms with Gasteiger partial charge in [0.1, 0.15) is 0 Å². The van der Waals surface area contributed by atoms with Crippen LogP contribution in [0.4, 0.5) is 8.78 Å². The average Bonchev–Trinajstić information content (AvgIpc) is 2.57. The van der Waals surface area contributed by atoms with Crippen molar-refractivity contribution >= 4 is 5.96 Å². The molecule has 1 aromatic rings. The molecule has 0 aliphatic carbocycles. The lowest BCUT2D eigenvalue weighted by Gasteiger charge is -2.24. The number of nitrogens with one attached hydrogen (secondary N) is 2. The van der Waals surface area contributed by atoms with Gasteiger partial charge in [-0.3, -0.25) is 0 Å². The maximum absolute atomic E-state index is 12.5. The molecule has 0 aliphatic heterocycles. The second-order valence-corrected chi connectivity index (χ2v) is 5.88. The molecule has 0 fully saturated rings. The van der Waals surface area contributed by atoms with Gasteiger partial charge in [0.2, 0.25) is 0 Å². The Kier molecular flexibility index (Phi) is 8.40. The van der Waals surface area contributed by atoms with Gasteiger partial charge in [-0.25, -0.2) is 4.99 Å². The molecule has 0 unspecified atom stereocenters. The normalized spacial score (nSPS) is 12.2. The molecule has 0 aliphatic rings. The molecule has 0 amide bonds. The SMILES string of the molecule is CCNC(=NCc1ccc(OC)c(OC(F)F)c1)NCC(C)(C)OC. The summed E-state index contributed by atoms with van der Waals surface area (Å²) in [6.45, 7) is 4.52. The molecule has 0 spiro atoms. The third-order valence-corrected chi connectivity index (χ3v) is 3.44. The predicted molar refractivity (Wildman–Crippen MR) is 93.5 cm³/mol. The summed E-state index contributed by atoms with van der Waals surface area (Å²) in [5, 5.41) is 6.32. The first-order chi connectivity index (χ1) is 11.8. The van der Waals surface area contributed by atoms with Gasteiger partial charge in [-0.05, 0) is 38.5 Å². The Morgan fingerprint density at radius 1 is 1.20 bits per heavy atom. The molecule has 1 rings (SSSR count). The zero-order valence-electron chi connectivity index (χ0n) is 15.4. The van der Waals surface area contributed by atoms with E-state index in [1.807, 2.05) is 20.8 Å². The highest BCUT2D eigenvalue weighted by Gasteiger charge is 2.16. The number of benzene rings is 1. The number of ether oxygens (including phenoxy) is 3. The highest BCUT2D eigenvalue weighted by Crippen LogP contribution is 2.29. The van der Waals surface area contributed by atoms with Crippen LogP contribution in [0.5, 0.6) is 11.5 Å². The number of guanidine groups is 1. The number of hydrogen-bond acceptors (Lipinski definition) is 4. The highest BCUT2D eigenvalue weighted by molar-refractivity contribution is 5.79. The topological polar surface area (TPSA) is 64.1 Å². The van der Waals surface area contributed by atoms with Crippen LogP contribution >= 0.6 is 0 Å². The van der Waals surface area contributed by atoms with Crippen molar-refractivity contribution < 1.29 is 23.0 Å². The molecule has 0 bridgehead atoms. The summed E-state index contributed by atoms with van der Waals surface area (Å²) in [4.78, 5) is 4.45. The van der Waals surface area contributed by atoms with Crippen molar-refractivity contribution in [3.63, 3.8) is 0 Å². The molecule has 2 N–H and O–H groups in total. The van der Waals surface area contributed by atoms with E-state index in [0.29, 0.717) is 25.6 Å². The van der Waals surface area contributed by atoms with Crippen molar-refractivity contribution in [3.8, 4) is 11.5 Å². The summed E-state index contributed by atoms with van der Waals surface area (Å²) in [5.74, 6) is 0.850. The predicted octanol–water partition coefficient (Wildman–Crippen LogP) is 2.78. The molecule has 142 valence electrons. The van der Waals surface area contributed by atoms with Crippen LogP contribution in [0.15, 0.2) is 23.2 Å². The first-order valence-electron chi connectivity index (χ1n) is 8.00. The van der Waals surface area contributed by atoms with Crippen LogP contribution < -0.4 is 20.1 Å². The molecule has 0 radical (unpaired) electrons. The summed E-state index contributed by atoms with van der Waals surface area (Å²) in [6, 6.07) is 4.83. The van der Waals surface area contributed by atoms with E-state index in [1.54, 1.807) is 19.2 Å². The summed E-state index contributed by atoms with van der Waals surface area (Å²) in [6.07, 6.45) is 0. The van der Waals surface area contributed by atoms with Gasteiger partial charge in [-0.2, -0.15) is 8.78 Å². The van der Waals surface area contributed by atoms with Crippen LogP contribution in [0, 0.1) is 0 Å². The maximum atomic E-state index is 12.5. The minimum absolute atomic E-state index is 0.0105. The van der Waals surface area contributed by atoms with E-state index in [2.05, 4.69) is 20.4 Å². The molecule has 0 atom stereocenters. The number of aliphatic imine (C=N–C) groups is 1. The minimum atomic E-state index is -2.91. The van der Waals surface area contributed by atoms with Crippen LogP contribution in [0.1, 0.15) is 26.3 Å². The maximum Gasteiger partial charge on any atom is 0.387 e. The third-order valence-electron chi connectivity index (χ3n) is 3.44. The fraction of sp³-hybridized carbons (Fsp3) is 0.588. The Balaban J connectivity index is 2.84. The lowest BCUT2D eigenvalue weighted by atomic mass is 10.1. The number of methoxy groups -OCH3 is 2. The Hall–Kier alpha value is -2.09. The second kappa shape index (κ2) is 10.0. The monoisotopic (exact) mass is 359 g/mol. The first-order valence-corrected chi connectivity index (χ1v) is 8.00. The number of hydrogen-bond donors (Lipinski definition) is 2. The molecule has 25 heavy (non-hydrogen) atoms. The van der Waals surface area contributed by atoms with Gasteiger partial charge in [0, 0.05) is 20.2 Å². The van der Waals surface area contributed by atoms with Crippen molar-refractivity contribution in [2.75, 3.05) is 27.3 Å². The quantitative estimate of drug-likeness (QED) is 0.524. The third kappa shape index (κ3) is 7.55. The number of nitrogens with zero attached hydrogens (tertiary/aromatic N) is 1. The molecule has 0 saturated heterocycles. The summed E-state index contributed by atoms with van der Waals surface area (Å²) in [7, 11) is 3.05. The van der Waals surface area contributed by atoms with E-state index in [0.717, 1.165) is 5.56 Å². The van der Waals surface area contributed by atoms with Crippen molar-refractivity contribution in [1.29, 1.82) is 0 Å². The van der Waals surface area contributed by atoms with E-state index in [-0.39, 0.29) is 17.1 Å². The van der Waals surface area contributed by atoms with Crippen LogP contribution in [-0.2, 0) is 11.3 Å². The fourth-order valence-corrected chi connectivity index (χ4v) is 1.89. The van der Waals surface area contributed by atoms with Gasteiger partial charge in [0.05, 0.1) is 19.3 Å². The fourth-order valence-electron chi connectivity index (χ4n) is 1.89. The Bertz CT molecular complexity index is 566. The Morgan fingerprint density at radius 2 is 1.92 bits per heavy atom. The zero-order valence-corrected chi connectivity index (χ0v) is 15.4. The summed E-state index contributed by atoms with van der Waals surface area (Å²) in [5.41, 5.74) is 0.383. The number of halogens is 2. The van der Waals surface area contributed by atoms with Crippen molar-refractivity contribution in [2.45, 2.75) is 39.5 Å². The molecule has 0 aromatic heterocycles. The Labute approximate surface area is 147 Å². The van der Waals surface area contributed by atoms with Gasteiger partial charge in [0.15, 0.2) is 17.5 Å². The second-order valence-electron chi connectivity index (χ2n) is 5.88. The molecule has 8 heteroatoms.